The van der Waals surface area contributed by atoms with Gasteiger partial charge in [0.25, 0.3) is 0 Å². The molecule has 4 rings (SSSR count). The second-order valence-electron chi connectivity index (χ2n) is 7.81. The zero-order valence-electron chi connectivity index (χ0n) is 17.3. The molecule has 162 valence electrons. The van der Waals surface area contributed by atoms with Crippen LogP contribution < -0.4 is 10.2 Å². The fourth-order valence-electron chi connectivity index (χ4n) is 4.18. The lowest BCUT2D eigenvalue weighted by atomic mass is 9.96. The van der Waals surface area contributed by atoms with E-state index in [1.807, 2.05) is 55.5 Å². The number of halogens is 1. The number of nitrogens with zero attached hydrogens (tertiary/aromatic N) is 2. The molecule has 3 aromatic rings. The molecule has 1 atom stereocenters. The topological polar surface area (TPSA) is 88.7 Å². The maximum Gasteiger partial charge on any atom is 0.323 e. The molecule has 1 unspecified atom stereocenters. The molecule has 0 bridgehead atoms. The number of benzene rings is 2. The molecule has 1 fully saturated rings. The number of carboxylic acid groups (broad SMARTS) is 1. The summed E-state index contributed by atoms with van der Waals surface area (Å²) in [6, 6.07) is 15.2. The lowest BCUT2D eigenvalue weighted by Crippen LogP contribution is -2.50. The van der Waals surface area contributed by atoms with Gasteiger partial charge < -0.3 is 19.9 Å². The van der Waals surface area contributed by atoms with Crippen LogP contribution in [0.15, 0.2) is 48.5 Å². The van der Waals surface area contributed by atoms with Crippen LogP contribution in [0.5, 0.6) is 0 Å². The van der Waals surface area contributed by atoms with Gasteiger partial charge in [0.1, 0.15) is 5.82 Å². The van der Waals surface area contributed by atoms with Gasteiger partial charge in [-0.25, -0.2) is 4.79 Å². The van der Waals surface area contributed by atoms with Gasteiger partial charge in [-0.05, 0) is 24.1 Å². The first-order valence-corrected chi connectivity index (χ1v) is 10.7. The van der Waals surface area contributed by atoms with E-state index in [1.165, 1.54) is 0 Å². The summed E-state index contributed by atoms with van der Waals surface area (Å²) in [6.45, 7) is 4.37. The van der Waals surface area contributed by atoms with Crippen LogP contribution in [0, 0.1) is 0 Å². The third kappa shape index (κ3) is 4.46. The Morgan fingerprint density at radius 3 is 2.48 bits per heavy atom. The van der Waals surface area contributed by atoms with Gasteiger partial charge in [-0.1, -0.05) is 48.9 Å². The Morgan fingerprint density at radius 1 is 1.10 bits per heavy atom. The number of carboxylic acids is 1. The number of anilines is 2. The van der Waals surface area contributed by atoms with Crippen molar-refractivity contribution in [2.75, 3.05) is 36.4 Å². The second-order valence-corrected chi connectivity index (χ2v) is 8.22. The normalized spacial score (nSPS) is 15.2. The van der Waals surface area contributed by atoms with E-state index in [0.29, 0.717) is 37.0 Å². The molecule has 0 spiro atoms. The van der Waals surface area contributed by atoms with Gasteiger partial charge in [0.2, 0.25) is 0 Å². The highest BCUT2D eigenvalue weighted by Gasteiger charge is 2.25. The number of H-pyrrole nitrogens is 1. The van der Waals surface area contributed by atoms with Crippen molar-refractivity contribution in [3.63, 3.8) is 0 Å². The summed E-state index contributed by atoms with van der Waals surface area (Å²) in [4.78, 5) is 31.5. The number of fused-ring (bicyclic) bond motifs is 1. The first-order valence-electron chi connectivity index (χ1n) is 10.3. The molecule has 1 aliphatic heterocycles. The fourth-order valence-corrected chi connectivity index (χ4v) is 4.44. The predicted octanol–water partition coefficient (Wildman–Crippen LogP) is 4.75. The molecule has 0 saturated carbocycles. The molecule has 2 aromatic carbocycles. The van der Waals surface area contributed by atoms with Crippen molar-refractivity contribution in [1.29, 1.82) is 0 Å². The van der Waals surface area contributed by atoms with E-state index in [4.69, 9.17) is 11.6 Å². The minimum atomic E-state index is -0.870. The van der Waals surface area contributed by atoms with Crippen LogP contribution in [0.2, 0.25) is 5.02 Å². The first-order chi connectivity index (χ1) is 14.9. The van der Waals surface area contributed by atoms with Crippen LogP contribution in [-0.2, 0) is 4.79 Å². The van der Waals surface area contributed by atoms with Crippen LogP contribution in [0.3, 0.4) is 0 Å². The average Bonchev–Trinajstić information content (AvgIpc) is 3.11. The SMILES string of the molecule is CC(CC(=O)O)c1c(NC(=O)N2CCN(c3ccccc3Cl)CC2)[nH]c2ccccc12. The highest BCUT2D eigenvalue weighted by molar-refractivity contribution is 6.33. The Bertz CT molecular complexity index is 1110. The third-order valence-electron chi connectivity index (χ3n) is 5.71. The zero-order chi connectivity index (χ0) is 22.0. The fraction of sp³-hybridized carbons (Fsp3) is 0.304. The number of piperazine rings is 1. The lowest BCUT2D eigenvalue weighted by Gasteiger charge is -2.36. The number of hydrogen-bond acceptors (Lipinski definition) is 3. The monoisotopic (exact) mass is 440 g/mol. The molecular formula is C23H25ClN4O3. The molecule has 7 nitrogen and oxygen atoms in total. The van der Waals surface area contributed by atoms with Gasteiger partial charge >= 0.3 is 12.0 Å². The lowest BCUT2D eigenvalue weighted by molar-refractivity contribution is -0.137. The summed E-state index contributed by atoms with van der Waals surface area (Å²) in [5.41, 5.74) is 2.67. The van der Waals surface area contributed by atoms with Crippen molar-refractivity contribution >= 4 is 46.0 Å². The maximum atomic E-state index is 13.0. The summed E-state index contributed by atoms with van der Waals surface area (Å²) in [5, 5.41) is 13.9. The molecule has 31 heavy (non-hydrogen) atoms. The van der Waals surface area contributed by atoms with Gasteiger partial charge in [0.05, 0.1) is 17.1 Å². The van der Waals surface area contributed by atoms with Crippen LogP contribution in [0.25, 0.3) is 10.9 Å². The van der Waals surface area contributed by atoms with Crippen molar-refractivity contribution in [3.05, 3.63) is 59.1 Å². The average molecular weight is 441 g/mol. The van der Waals surface area contributed by atoms with E-state index in [9.17, 15) is 14.7 Å². The number of aromatic amines is 1. The van der Waals surface area contributed by atoms with E-state index in [0.717, 1.165) is 22.2 Å². The molecule has 1 aromatic heterocycles. The smallest absolute Gasteiger partial charge is 0.323 e. The Hall–Kier alpha value is -3.19. The number of aliphatic carboxylic acids is 1. The Kier molecular flexibility index (Phi) is 6.04. The summed E-state index contributed by atoms with van der Waals surface area (Å²) < 4.78 is 0. The number of nitrogens with one attached hydrogen (secondary N) is 2. The summed E-state index contributed by atoms with van der Waals surface area (Å²) in [7, 11) is 0. The maximum absolute atomic E-state index is 13.0. The molecule has 1 saturated heterocycles. The largest absolute Gasteiger partial charge is 0.481 e. The number of amides is 2. The molecule has 3 N–H and O–H groups in total. The van der Waals surface area contributed by atoms with Gasteiger partial charge in [0, 0.05) is 42.6 Å². The number of rotatable bonds is 5. The molecule has 0 aliphatic carbocycles. The van der Waals surface area contributed by atoms with Crippen LogP contribution >= 0.6 is 11.6 Å². The molecule has 0 radical (unpaired) electrons. The molecule has 8 heteroatoms. The van der Waals surface area contributed by atoms with Crippen molar-refractivity contribution in [2.24, 2.45) is 0 Å². The number of hydrogen-bond donors (Lipinski definition) is 3. The van der Waals surface area contributed by atoms with Crippen LogP contribution in [-0.4, -0.2) is 53.2 Å². The van der Waals surface area contributed by atoms with E-state index in [1.54, 1.807) is 4.90 Å². The highest BCUT2D eigenvalue weighted by Crippen LogP contribution is 2.34. The third-order valence-corrected chi connectivity index (χ3v) is 6.03. The Morgan fingerprint density at radius 2 is 1.77 bits per heavy atom. The Labute approximate surface area is 185 Å². The van der Waals surface area contributed by atoms with Crippen molar-refractivity contribution in [2.45, 2.75) is 19.3 Å². The quantitative estimate of drug-likeness (QED) is 0.534. The Balaban J connectivity index is 1.49. The van der Waals surface area contributed by atoms with Gasteiger partial charge in [-0.2, -0.15) is 0 Å². The second kappa shape index (κ2) is 8.89. The molecular weight excluding hydrogens is 416 g/mol. The molecule has 2 heterocycles. The van der Waals surface area contributed by atoms with Crippen LogP contribution in [0.1, 0.15) is 24.8 Å². The van der Waals surface area contributed by atoms with E-state index in [2.05, 4.69) is 15.2 Å². The summed E-state index contributed by atoms with van der Waals surface area (Å²) in [6.07, 6.45) is -0.0127. The van der Waals surface area contributed by atoms with E-state index < -0.39 is 5.97 Å². The summed E-state index contributed by atoms with van der Waals surface area (Å²) in [5.74, 6) is -0.555. The van der Waals surface area contributed by atoms with Crippen molar-refractivity contribution < 1.29 is 14.7 Å². The standard InChI is InChI=1S/C23H25ClN4O3/c1-15(14-20(29)30)21-16-6-2-4-8-18(16)25-22(21)26-23(31)28-12-10-27(11-13-28)19-9-5-3-7-17(19)24/h2-9,15,25H,10-14H2,1H3,(H,26,31)(H,29,30). The number of carbonyl (C=O) groups is 2. The minimum absolute atomic E-state index is 0.0127. The summed E-state index contributed by atoms with van der Waals surface area (Å²) >= 11 is 6.31. The van der Waals surface area contributed by atoms with Gasteiger partial charge in [-0.3, -0.25) is 10.1 Å². The van der Waals surface area contributed by atoms with Crippen molar-refractivity contribution in [1.82, 2.24) is 9.88 Å². The predicted molar refractivity (Wildman–Crippen MR) is 123 cm³/mol. The van der Waals surface area contributed by atoms with Gasteiger partial charge in [-0.15, -0.1) is 0 Å². The van der Waals surface area contributed by atoms with Crippen LogP contribution in [0.4, 0.5) is 16.3 Å². The minimum Gasteiger partial charge on any atom is -0.481 e. The number of carbonyl (C=O) groups excluding carboxylic acids is 1. The van der Waals surface area contributed by atoms with E-state index >= 15 is 0 Å². The highest BCUT2D eigenvalue weighted by atomic mass is 35.5. The number of urea groups is 1. The zero-order valence-corrected chi connectivity index (χ0v) is 18.0. The number of aromatic nitrogens is 1. The first kappa shape index (κ1) is 21.1. The van der Waals surface area contributed by atoms with Crippen molar-refractivity contribution in [3.8, 4) is 0 Å². The molecule has 1 aliphatic rings. The molecule has 2 amide bonds. The van der Waals surface area contributed by atoms with E-state index in [-0.39, 0.29) is 18.4 Å². The van der Waals surface area contributed by atoms with Gasteiger partial charge in [0.15, 0.2) is 0 Å². The number of para-hydroxylation sites is 2.